The van der Waals surface area contributed by atoms with Crippen molar-refractivity contribution in [3.63, 3.8) is 0 Å². The Hall–Kier alpha value is -6.16. The lowest BCUT2D eigenvalue weighted by molar-refractivity contribution is -0.133. The van der Waals surface area contributed by atoms with E-state index in [-0.39, 0.29) is 46.9 Å². The van der Waals surface area contributed by atoms with E-state index in [9.17, 15) is 27.2 Å². The number of nitrogens with one attached hydrogen (secondary N) is 3. The van der Waals surface area contributed by atoms with E-state index in [1.54, 1.807) is 73.1 Å². The van der Waals surface area contributed by atoms with Gasteiger partial charge in [0.05, 0.1) is 30.1 Å². The van der Waals surface area contributed by atoms with Gasteiger partial charge in [0.2, 0.25) is 11.8 Å². The summed E-state index contributed by atoms with van der Waals surface area (Å²) < 4.78 is 63.8. The molecule has 2 saturated heterocycles. The number of benzene rings is 4. The van der Waals surface area contributed by atoms with Crippen LogP contribution in [0.2, 0.25) is 0 Å². The molecule has 0 bridgehead atoms. The number of halogens is 5. The second-order valence-corrected chi connectivity index (χ2v) is 18.2. The molecule has 0 radical (unpaired) electrons. The van der Waals surface area contributed by atoms with E-state index in [2.05, 4.69) is 46.7 Å². The lowest BCUT2D eigenvalue weighted by Crippen LogP contribution is -2.48. The topological polar surface area (TPSA) is 118 Å². The Kier molecular flexibility index (Phi) is 19.7. The first-order valence-corrected chi connectivity index (χ1v) is 24.2. The number of ether oxygens (including phenoxy) is 2. The van der Waals surface area contributed by atoms with Crippen molar-refractivity contribution in [3.05, 3.63) is 192 Å². The Bertz CT molecular complexity index is 2500. The van der Waals surface area contributed by atoms with Crippen molar-refractivity contribution in [2.75, 3.05) is 51.3 Å². The highest BCUT2D eigenvalue weighted by Crippen LogP contribution is 2.34. The van der Waals surface area contributed by atoms with Gasteiger partial charge in [0, 0.05) is 35.1 Å². The van der Waals surface area contributed by atoms with Crippen LogP contribution in [0.4, 0.5) is 17.6 Å². The van der Waals surface area contributed by atoms with Crippen LogP contribution in [-0.2, 0) is 9.59 Å². The van der Waals surface area contributed by atoms with Gasteiger partial charge in [-0.1, -0.05) is 90.4 Å². The van der Waals surface area contributed by atoms with E-state index >= 15 is 0 Å². The van der Waals surface area contributed by atoms with Crippen LogP contribution < -0.4 is 25.4 Å². The summed E-state index contributed by atoms with van der Waals surface area (Å²) in [6.07, 6.45) is 6.37. The van der Waals surface area contributed by atoms with E-state index < -0.39 is 16.9 Å². The Balaban J connectivity index is 0.000000193. The zero-order valence-electron chi connectivity index (χ0n) is 38.9. The van der Waals surface area contributed by atoms with Gasteiger partial charge in [0.25, 0.3) is 0 Å². The minimum absolute atomic E-state index is 0.0176. The monoisotopic (exact) mass is 1010 g/mol. The van der Waals surface area contributed by atoms with Crippen LogP contribution in [0.1, 0.15) is 74.1 Å². The number of hydrogen-bond donors (Lipinski definition) is 3. The SMILES string of the molecule is CC1(C(=O)NC(c2ccc(F)cc2)c2ccccn2)CCN(CCOc2ccccc2F)CC1.CC1(C(=O)NC(c2ccc(F)cc2)c2ccccn2)CCNCC1.Fc1ccccc1OCCBr. The molecule has 2 unspecified atom stereocenters. The number of carbonyl (C=O) groups is 2. The summed E-state index contributed by atoms with van der Waals surface area (Å²) in [5.41, 5.74) is 2.12. The number of nitrogens with zero attached hydrogens (tertiary/aromatic N) is 3. The van der Waals surface area contributed by atoms with Gasteiger partial charge < -0.3 is 25.4 Å². The van der Waals surface area contributed by atoms with Crippen LogP contribution in [-0.4, -0.2) is 77.9 Å². The number of carbonyl (C=O) groups excluding carboxylic acids is 2. The molecule has 2 aliphatic rings. The molecule has 6 aromatic rings. The number of para-hydroxylation sites is 2. The molecule has 69 heavy (non-hydrogen) atoms. The number of piperidine rings is 2. The third-order valence-corrected chi connectivity index (χ3v) is 12.7. The van der Waals surface area contributed by atoms with Crippen LogP contribution in [0.15, 0.2) is 146 Å². The van der Waals surface area contributed by atoms with Crippen LogP contribution in [0.25, 0.3) is 0 Å². The van der Waals surface area contributed by atoms with Crippen molar-refractivity contribution in [3.8, 4) is 11.5 Å². The number of hydrogen-bond acceptors (Lipinski definition) is 8. The first-order chi connectivity index (χ1) is 33.4. The molecule has 4 aromatic carbocycles. The maximum absolute atomic E-state index is 13.7. The fourth-order valence-corrected chi connectivity index (χ4v) is 8.09. The lowest BCUT2D eigenvalue weighted by atomic mass is 9.79. The summed E-state index contributed by atoms with van der Waals surface area (Å²) >= 11 is 3.18. The molecule has 0 saturated carbocycles. The van der Waals surface area contributed by atoms with E-state index in [4.69, 9.17) is 9.47 Å². The third-order valence-electron chi connectivity index (χ3n) is 12.4. The van der Waals surface area contributed by atoms with Gasteiger partial charge in [-0.25, -0.2) is 17.6 Å². The standard InChI is InChI=1S/C27H29F2N3O2.C19H22FN3O.C8H8BrFO/c1-27(13-16-32(17-14-27)18-19-34-24-8-3-2-6-22(24)29)26(33)31-25(23-7-4-5-15-30-23)20-9-11-21(28)12-10-20;1-19(9-12-21-13-10-19)18(24)23-17(16-4-2-3-11-22-16)14-5-7-15(20)8-6-14;9-5-6-11-8-4-2-1-3-7(8)10/h2-12,15,25H,13-14,16-19H2,1H3,(H,31,33);2-8,11,17,21H,9-10,12-13H2,1H3,(H,23,24);1-4H,5-6H2. The fraction of sp³-hybridized carbons (Fsp3) is 0.333. The van der Waals surface area contributed by atoms with Crippen LogP contribution in [0.5, 0.6) is 11.5 Å². The van der Waals surface area contributed by atoms with Gasteiger partial charge >= 0.3 is 0 Å². The average Bonchev–Trinajstić information content (AvgIpc) is 3.37. The van der Waals surface area contributed by atoms with Gasteiger partial charge in [0.1, 0.15) is 18.2 Å². The highest BCUT2D eigenvalue weighted by molar-refractivity contribution is 9.09. The van der Waals surface area contributed by atoms with Crippen molar-refractivity contribution in [2.45, 2.75) is 51.6 Å². The molecule has 8 rings (SSSR count). The Morgan fingerprint density at radius 2 is 1.03 bits per heavy atom. The number of pyridine rings is 2. The molecule has 4 heterocycles. The van der Waals surface area contributed by atoms with Crippen molar-refractivity contribution in [2.24, 2.45) is 10.8 Å². The maximum Gasteiger partial charge on any atom is 0.226 e. The van der Waals surface area contributed by atoms with Crippen molar-refractivity contribution in [1.29, 1.82) is 0 Å². The average molecular weight is 1010 g/mol. The predicted octanol–water partition coefficient (Wildman–Crippen LogP) is 10.2. The number of likely N-dealkylation sites (tertiary alicyclic amines) is 1. The van der Waals surface area contributed by atoms with Gasteiger partial charge in [-0.15, -0.1) is 0 Å². The highest BCUT2D eigenvalue weighted by Gasteiger charge is 2.39. The Morgan fingerprint density at radius 1 is 0.609 bits per heavy atom. The molecule has 10 nitrogen and oxygen atoms in total. The summed E-state index contributed by atoms with van der Waals surface area (Å²) in [5.74, 6) is -0.762. The second-order valence-electron chi connectivity index (χ2n) is 17.4. The molecule has 0 spiro atoms. The van der Waals surface area contributed by atoms with Gasteiger partial charge in [-0.2, -0.15) is 0 Å². The minimum Gasteiger partial charge on any atom is -0.490 e. The van der Waals surface area contributed by atoms with Crippen molar-refractivity contribution >= 4 is 27.7 Å². The largest absolute Gasteiger partial charge is 0.490 e. The molecule has 2 amide bonds. The molecule has 2 aromatic heterocycles. The van der Waals surface area contributed by atoms with Crippen LogP contribution >= 0.6 is 15.9 Å². The van der Waals surface area contributed by atoms with Crippen molar-refractivity contribution in [1.82, 2.24) is 30.8 Å². The molecule has 2 atom stereocenters. The van der Waals surface area contributed by atoms with Gasteiger partial charge in [0.15, 0.2) is 23.1 Å². The summed E-state index contributed by atoms with van der Waals surface area (Å²) in [7, 11) is 0. The first kappa shape index (κ1) is 52.2. The molecule has 2 aliphatic heterocycles. The van der Waals surface area contributed by atoms with E-state index in [1.807, 2.05) is 50.2 Å². The zero-order valence-corrected chi connectivity index (χ0v) is 40.4. The summed E-state index contributed by atoms with van der Waals surface area (Å²) in [4.78, 5) is 37.3. The second kappa shape index (κ2) is 26.0. The predicted molar refractivity (Wildman–Crippen MR) is 263 cm³/mol. The van der Waals surface area contributed by atoms with Gasteiger partial charge in [-0.3, -0.25) is 24.5 Å². The third kappa shape index (κ3) is 15.4. The van der Waals surface area contributed by atoms with Crippen LogP contribution in [0, 0.1) is 34.1 Å². The number of alkyl halides is 1. The molecule has 2 fully saturated rings. The molecule has 0 aliphatic carbocycles. The summed E-state index contributed by atoms with van der Waals surface area (Å²) in [5, 5.41) is 10.3. The molecular formula is C54H59BrF4N6O4. The minimum atomic E-state index is -0.532. The molecular weight excluding hydrogens is 953 g/mol. The quantitative estimate of drug-likeness (QED) is 0.0688. The van der Waals surface area contributed by atoms with Gasteiger partial charge in [-0.05, 0) is 136 Å². The summed E-state index contributed by atoms with van der Waals surface area (Å²) in [6.45, 7) is 8.70. The first-order valence-electron chi connectivity index (χ1n) is 23.1. The molecule has 3 N–H and O–H groups in total. The van der Waals surface area contributed by atoms with E-state index in [0.717, 1.165) is 55.8 Å². The van der Waals surface area contributed by atoms with E-state index in [0.29, 0.717) is 49.4 Å². The maximum atomic E-state index is 13.7. The zero-order chi connectivity index (χ0) is 49.1. The Labute approximate surface area is 410 Å². The normalized spacial score (nSPS) is 15.9. The van der Waals surface area contributed by atoms with Crippen LogP contribution in [0.3, 0.4) is 0 Å². The molecule has 364 valence electrons. The Morgan fingerprint density at radius 3 is 1.45 bits per heavy atom. The van der Waals surface area contributed by atoms with E-state index in [1.165, 1.54) is 36.4 Å². The number of amides is 2. The summed E-state index contributed by atoms with van der Waals surface area (Å²) in [6, 6.07) is 35.4. The fourth-order valence-electron chi connectivity index (χ4n) is 7.93. The van der Waals surface area contributed by atoms with Crippen molar-refractivity contribution < 1.29 is 36.6 Å². The highest BCUT2D eigenvalue weighted by atomic mass is 79.9. The smallest absolute Gasteiger partial charge is 0.226 e. The molecule has 15 heteroatoms. The number of rotatable bonds is 15. The number of aromatic nitrogens is 2. The lowest BCUT2D eigenvalue weighted by Gasteiger charge is -2.39.